The molecule has 0 aliphatic carbocycles. The highest BCUT2D eigenvalue weighted by Crippen LogP contribution is 2.15. The van der Waals surface area contributed by atoms with E-state index in [9.17, 15) is 9.90 Å². The molecule has 0 unspecified atom stereocenters. The number of aliphatic carboxylic acids is 1. The smallest absolute Gasteiger partial charge is 0.320 e. The molecule has 2 rings (SSSR count). The summed E-state index contributed by atoms with van der Waals surface area (Å²) in [5.74, 6) is -0.746. The highest BCUT2D eigenvalue weighted by atomic mass is 16.4. The van der Waals surface area contributed by atoms with Gasteiger partial charge in [0.05, 0.1) is 0 Å². The summed E-state index contributed by atoms with van der Waals surface area (Å²) in [7, 11) is 0. The molecule has 0 saturated carbocycles. The van der Waals surface area contributed by atoms with E-state index in [0.29, 0.717) is 6.42 Å². The molecule has 4 nitrogen and oxygen atoms in total. The molecule has 0 spiro atoms. The normalized spacial score (nSPS) is 12.1. The summed E-state index contributed by atoms with van der Waals surface area (Å²) in [6, 6.07) is 13.9. The van der Waals surface area contributed by atoms with Crippen LogP contribution in [-0.4, -0.2) is 22.2 Å². The molecule has 0 radical (unpaired) electrons. The van der Waals surface area contributed by atoms with Crippen molar-refractivity contribution in [3.8, 4) is 5.75 Å². The van der Waals surface area contributed by atoms with E-state index < -0.39 is 12.0 Å². The Morgan fingerprint density at radius 3 is 2.35 bits per heavy atom. The molecular formula is C16H17NO3. The predicted molar refractivity (Wildman–Crippen MR) is 76.7 cm³/mol. The Hall–Kier alpha value is -2.33. The number of aromatic hydroxyl groups is 1. The van der Waals surface area contributed by atoms with Gasteiger partial charge in [0.25, 0.3) is 0 Å². The van der Waals surface area contributed by atoms with Crippen molar-refractivity contribution in [3.05, 3.63) is 65.2 Å². The zero-order chi connectivity index (χ0) is 14.5. The van der Waals surface area contributed by atoms with Crippen LogP contribution in [0.4, 0.5) is 0 Å². The SMILES string of the molecule is N[C@@H](Cc1cccc(Cc2ccc(O)cc2)c1)C(=O)O. The lowest BCUT2D eigenvalue weighted by molar-refractivity contribution is -0.138. The standard InChI is InChI=1S/C16H17NO3/c17-15(16(19)20)10-13-3-1-2-12(9-13)8-11-4-6-14(18)7-5-11/h1-7,9,15,18H,8,10,17H2,(H,19,20)/t15-/m0/s1. The van der Waals surface area contributed by atoms with Gasteiger partial charge in [-0.3, -0.25) is 4.79 Å². The van der Waals surface area contributed by atoms with Crippen molar-refractivity contribution < 1.29 is 15.0 Å². The minimum atomic E-state index is -0.992. The molecule has 1 atom stereocenters. The highest BCUT2D eigenvalue weighted by Gasteiger charge is 2.12. The molecule has 104 valence electrons. The lowest BCUT2D eigenvalue weighted by Crippen LogP contribution is -2.32. The van der Waals surface area contributed by atoms with Gasteiger partial charge in [0.2, 0.25) is 0 Å². The van der Waals surface area contributed by atoms with Crippen molar-refractivity contribution >= 4 is 5.97 Å². The van der Waals surface area contributed by atoms with E-state index in [4.69, 9.17) is 10.8 Å². The number of rotatable bonds is 5. The van der Waals surface area contributed by atoms with Gasteiger partial charge in [-0.2, -0.15) is 0 Å². The van der Waals surface area contributed by atoms with Crippen molar-refractivity contribution in [2.24, 2.45) is 5.73 Å². The summed E-state index contributed by atoms with van der Waals surface area (Å²) in [5.41, 5.74) is 8.63. The number of carbonyl (C=O) groups is 1. The summed E-state index contributed by atoms with van der Waals surface area (Å²) in [6.07, 6.45) is 1.05. The minimum absolute atomic E-state index is 0.245. The average molecular weight is 271 g/mol. The van der Waals surface area contributed by atoms with Gasteiger partial charge in [-0.25, -0.2) is 0 Å². The molecule has 20 heavy (non-hydrogen) atoms. The second-order valence-electron chi connectivity index (χ2n) is 4.81. The zero-order valence-electron chi connectivity index (χ0n) is 11.0. The quantitative estimate of drug-likeness (QED) is 0.776. The van der Waals surface area contributed by atoms with E-state index in [0.717, 1.165) is 23.1 Å². The molecule has 4 N–H and O–H groups in total. The van der Waals surface area contributed by atoms with Gasteiger partial charge in [-0.15, -0.1) is 0 Å². The number of hydrogen-bond acceptors (Lipinski definition) is 3. The van der Waals surface area contributed by atoms with Gasteiger partial charge in [-0.05, 0) is 41.7 Å². The van der Waals surface area contributed by atoms with Crippen LogP contribution in [0.5, 0.6) is 5.75 Å². The van der Waals surface area contributed by atoms with Crippen LogP contribution in [0.2, 0.25) is 0 Å². The fourth-order valence-corrected chi connectivity index (χ4v) is 2.06. The first-order chi connectivity index (χ1) is 9.54. The fourth-order valence-electron chi connectivity index (χ4n) is 2.06. The Kier molecular flexibility index (Phi) is 4.38. The van der Waals surface area contributed by atoms with E-state index in [1.807, 2.05) is 36.4 Å². The first-order valence-electron chi connectivity index (χ1n) is 6.38. The monoisotopic (exact) mass is 271 g/mol. The molecule has 0 aliphatic heterocycles. The Bertz CT molecular complexity index is 593. The van der Waals surface area contributed by atoms with E-state index in [1.54, 1.807) is 12.1 Å². The summed E-state index contributed by atoms with van der Waals surface area (Å²) in [4.78, 5) is 10.8. The Morgan fingerprint density at radius 1 is 1.05 bits per heavy atom. The molecule has 2 aromatic rings. The molecule has 0 heterocycles. The first kappa shape index (κ1) is 14.1. The van der Waals surface area contributed by atoms with Gasteiger partial charge < -0.3 is 15.9 Å². The second-order valence-corrected chi connectivity index (χ2v) is 4.81. The van der Waals surface area contributed by atoms with Crippen LogP contribution >= 0.6 is 0 Å². The van der Waals surface area contributed by atoms with Gasteiger partial charge >= 0.3 is 5.97 Å². The largest absolute Gasteiger partial charge is 0.508 e. The molecular weight excluding hydrogens is 254 g/mol. The van der Waals surface area contributed by atoms with Crippen molar-refractivity contribution in [3.63, 3.8) is 0 Å². The summed E-state index contributed by atoms with van der Waals surface area (Å²) >= 11 is 0. The third-order valence-electron chi connectivity index (χ3n) is 3.11. The third kappa shape index (κ3) is 3.83. The molecule has 0 amide bonds. The average Bonchev–Trinajstić information content (AvgIpc) is 2.42. The van der Waals surface area contributed by atoms with Crippen LogP contribution in [0.15, 0.2) is 48.5 Å². The Balaban J connectivity index is 2.09. The third-order valence-corrected chi connectivity index (χ3v) is 3.11. The maximum absolute atomic E-state index is 10.8. The van der Waals surface area contributed by atoms with Crippen LogP contribution < -0.4 is 5.73 Å². The van der Waals surface area contributed by atoms with Crippen LogP contribution in [0.1, 0.15) is 16.7 Å². The lowest BCUT2D eigenvalue weighted by atomic mass is 10.00. The second kappa shape index (κ2) is 6.21. The summed E-state index contributed by atoms with van der Waals surface area (Å²) in [6.45, 7) is 0. The molecule has 0 aliphatic rings. The number of carboxylic acid groups (broad SMARTS) is 1. The number of phenols is 1. The Morgan fingerprint density at radius 2 is 1.70 bits per heavy atom. The van der Waals surface area contributed by atoms with Gasteiger partial charge in [-0.1, -0.05) is 36.4 Å². The predicted octanol–water partition coefficient (Wildman–Crippen LogP) is 1.94. The Labute approximate surface area is 117 Å². The van der Waals surface area contributed by atoms with E-state index in [-0.39, 0.29) is 5.75 Å². The fraction of sp³-hybridized carbons (Fsp3) is 0.188. The minimum Gasteiger partial charge on any atom is -0.508 e. The van der Waals surface area contributed by atoms with Crippen LogP contribution in [0, 0.1) is 0 Å². The number of phenolic OH excluding ortho intramolecular Hbond substituents is 1. The zero-order valence-corrected chi connectivity index (χ0v) is 11.0. The molecule has 0 fully saturated rings. The number of nitrogens with two attached hydrogens (primary N) is 1. The van der Waals surface area contributed by atoms with Crippen LogP contribution in [-0.2, 0) is 17.6 Å². The number of hydrogen-bond donors (Lipinski definition) is 3. The number of benzene rings is 2. The van der Waals surface area contributed by atoms with E-state index in [2.05, 4.69) is 0 Å². The molecule has 0 saturated heterocycles. The molecule has 0 bridgehead atoms. The van der Waals surface area contributed by atoms with Crippen molar-refractivity contribution in [2.75, 3.05) is 0 Å². The van der Waals surface area contributed by atoms with Crippen molar-refractivity contribution in [2.45, 2.75) is 18.9 Å². The van der Waals surface area contributed by atoms with Crippen LogP contribution in [0.3, 0.4) is 0 Å². The van der Waals surface area contributed by atoms with Crippen molar-refractivity contribution in [1.29, 1.82) is 0 Å². The molecule has 4 heteroatoms. The van der Waals surface area contributed by atoms with Gasteiger partial charge in [0.15, 0.2) is 0 Å². The van der Waals surface area contributed by atoms with Gasteiger partial charge in [0.1, 0.15) is 11.8 Å². The molecule has 2 aromatic carbocycles. The topological polar surface area (TPSA) is 83.5 Å². The van der Waals surface area contributed by atoms with E-state index in [1.165, 1.54) is 0 Å². The summed E-state index contributed by atoms with van der Waals surface area (Å²) in [5, 5.41) is 18.1. The summed E-state index contributed by atoms with van der Waals surface area (Å²) < 4.78 is 0. The van der Waals surface area contributed by atoms with E-state index >= 15 is 0 Å². The van der Waals surface area contributed by atoms with Gasteiger partial charge in [0, 0.05) is 0 Å². The number of carboxylic acids is 1. The highest BCUT2D eigenvalue weighted by molar-refractivity contribution is 5.73. The lowest BCUT2D eigenvalue weighted by Gasteiger charge is -2.08. The maximum Gasteiger partial charge on any atom is 0.320 e. The molecule has 0 aromatic heterocycles. The van der Waals surface area contributed by atoms with Crippen molar-refractivity contribution in [1.82, 2.24) is 0 Å². The first-order valence-corrected chi connectivity index (χ1v) is 6.38. The maximum atomic E-state index is 10.8. The van der Waals surface area contributed by atoms with Crippen LogP contribution in [0.25, 0.3) is 0 Å².